The summed E-state index contributed by atoms with van der Waals surface area (Å²) >= 11 is 0. The van der Waals surface area contributed by atoms with Crippen LogP contribution in [0.2, 0.25) is 0 Å². The SMILES string of the molecule is COC(=O)c1ccccc1Nc1nncc(N2CCN(c3ncccn3)CC2)n1. The molecule has 0 unspecified atom stereocenters. The zero-order chi connectivity index (χ0) is 20.1. The molecule has 1 saturated heterocycles. The van der Waals surface area contributed by atoms with E-state index in [1.54, 1.807) is 42.9 Å². The summed E-state index contributed by atoms with van der Waals surface area (Å²) in [6.07, 6.45) is 5.12. The van der Waals surface area contributed by atoms with Crippen molar-refractivity contribution in [1.82, 2.24) is 25.1 Å². The van der Waals surface area contributed by atoms with Gasteiger partial charge < -0.3 is 19.9 Å². The van der Waals surface area contributed by atoms with Crippen LogP contribution in [0.5, 0.6) is 0 Å². The lowest BCUT2D eigenvalue weighted by Crippen LogP contribution is -2.47. The Morgan fingerprint density at radius 3 is 2.52 bits per heavy atom. The molecular formula is C19H20N8O2. The van der Waals surface area contributed by atoms with Crippen LogP contribution in [0.3, 0.4) is 0 Å². The minimum Gasteiger partial charge on any atom is -0.465 e. The quantitative estimate of drug-likeness (QED) is 0.642. The second kappa shape index (κ2) is 8.46. The normalized spacial score (nSPS) is 13.8. The molecule has 0 aliphatic carbocycles. The molecule has 3 aromatic rings. The first-order valence-corrected chi connectivity index (χ1v) is 9.15. The van der Waals surface area contributed by atoms with Crippen molar-refractivity contribution in [3.63, 3.8) is 0 Å². The minimum atomic E-state index is -0.434. The maximum absolute atomic E-state index is 11.9. The number of piperazine rings is 1. The first-order valence-electron chi connectivity index (χ1n) is 9.15. The lowest BCUT2D eigenvalue weighted by Gasteiger charge is -2.35. The van der Waals surface area contributed by atoms with E-state index >= 15 is 0 Å². The highest BCUT2D eigenvalue weighted by Crippen LogP contribution is 2.21. The topological polar surface area (TPSA) is 109 Å². The average molecular weight is 392 g/mol. The third-order valence-corrected chi connectivity index (χ3v) is 4.56. The van der Waals surface area contributed by atoms with E-state index in [0.717, 1.165) is 32.1 Å². The lowest BCUT2D eigenvalue weighted by atomic mass is 10.2. The number of rotatable bonds is 5. The van der Waals surface area contributed by atoms with Crippen molar-refractivity contribution in [2.24, 2.45) is 0 Å². The lowest BCUT2D eigenvalue weighted by molar-refractivity contribution is 0.0602. The molecule has 0 saturated carbocycles. The number of nitrogens with zero attached hydrogens (tertiary/aromatic N) is 7. The molecule has 2 aromatic heterocycles. The number of esters is 1. The smallest absolute Gasteiger partial charge is 0.339 e. The van der Waals surface area contributed by atoms with E-state index in [-0.39, 0.29) is 0 Å². The van der Waals surface area contributed by atoms with E-state index in [1.807, 2.05) is 6.07 Å². The van der Waals surface area contributed by atoms with Crippen LogP contribution in [0.25, 0.3) is 0 Å². The molecule has 1 aromatic carbocycles. The number of hydrogen-bond acceptors (Lipinski definition) is 10. The number of carbonyl (C=O) groups excluding carboxylic acids is 1. The highest BCUT2D eigenvalue weighted by atomic mass is 16.5. The predicted octanol–water partition coefficient (Wildman–Crippen LogP) is 1.52. The number of benzene rings is 1. The standard InChI is InChI=1S/C19H20N8O2/c1-29-17(28)14-5-2-3-6-15(14)23-18-24-16(13-22-25-18)26-9-11-27(12-10-26)19-20-7-4-8-21-19/h2-8,13H,9-12H2,1H3,(H,23,24,25). The van der Waals surface area contributed by atoms with E-state index < -0.39 is 5.97 Å². The van der Waals surface area contributed by atoms with Crippen molar-refractivity contribution in [3.05, 3.63) is 54.5 Å². The number of anilines is 4. The molecule has 1 aliphatic rings. The summed E-state index contributed by atoms with van der Waals surface area (Å²) in [6, 6.07) is 8.83. The first kappa shape index (κ1) is 18.5. The van der Waals surface area contributed by atoms with Crippen LogP contribution < -0.4 is 15.1 Å². The van der Waals surface area contributed by atoms with Gasteiger partial charge in [-0.05, 0) is 18.2 Å². The van der Waals surface area contributed by atoms with Crippen molar-refractivity contribution >= 4 is 29.4 Å². The van der Waals surface area contributed by atoms with Crippen molar-refractivity contribution in [2.45, 2.75) is 0 Å². The van der Waals surface area contributed by atoms with E-state index in [2.05, 4.69) is 40.3 Å². The Bertz CT molecular complexity index is 977. The van der Waals surface area contributed by atoms with Gasteiger partial charge in [-0.25, -0.2) is 14.8 Å². The average Bonchev–Trinajstić information content (AvgIpc) is 2.80. The molecule has 1 fully saturated rings. The maximum Gasteiger partial charge on any atom is 0.339 e. The summed E-state index contributed by atoms with van der Waals surface area (Å²) in [5, 5.41) is 11.2. The third-order valence-electron chi connectivity index (χ3n) is 4.56. The Kier molecular flexibility index (Phi) is 5.41. The van der Waals surface area contributed by atoms with Gasteiger partial charge in [0.15, 0.2) is 5.82 Å². The van der Waals surface area contributed by atoms with Gasteiger partial charge in [-0.2, -0.15) is 10.1 Å². The van der Waals surface area contributed by atoms with Crippen LogP contribution in [0.15, 0.2) is 48.9 Å². The molecular weight excluding hydrogens is 372 g/mol. The Hall–Kier alpha value is -3.82. The van der Waals surface area contributed by atoms with Gasteiger partial charge in [0, 0.05) is 38.6 Å². The van der Waals surface area contributed by atoms with Gasteiger partial charge in [-0.1, -0.05) is 12.1 Å². The van der Waals surface area contributed by atoms with Crippen LogP contribution in [0.1, 0.15) is 10.4 Å². The number of nitrogens with one attached hydrogen (secondary N) is 1. The fraction of sp³-hybridized carbons (Fsp3) is 0.263. The second-order valence-corrected chi connectivity index (χ2v) is 6.32. The number of para-hydroxylation sites is 1. The summed E-state index contributed by atoms with van der Waals surface area (Å²) in [5.74, 6) is 1.32. The molecule has 10 nitrogen and oxygen atoms in total. The number of ether oxygens (including phenoxy) is 1. The fourth-order valence-electron chi connectivity index (χ4n) is 3.09. The van der Waals surface area contributed by atoms with Crippen LogP contribution in [-0.4, -0.2) is 64.4 Å². The highest BCUT2D eigenvalue weighted by molar-refractivity contribution is 5.96. The largest absolute Gasteiger partial charge is 0.465 e. The summed E-state index contributed by atoms with van der Waals surface area (Å²) in [5.41, 5.74) is 0.963. The number of hydrogen-bond donors (Lipinski definition) is 1. The van der Waals surface area contributed by atoms with Crippen molar-refractivity contribution in [3.8, 4) is 0 Å². The number of methoxy groups -OCH3 is 1. The molecule has 0 atom stereocenters. The van der Waals surface area contributed by atoms with Gasteiger partial charge >= 0.3 is 5.97 Å². The molecule has 29 heavy (non-hydrogen) atoms. The molecule has 0 spiro atoms. The van der Waals surface area contributed by atoms with Gasteiger partial charge in [-0.3, -0.25) is 0 Å². The van der Waals surface area contributed by atoms with Crippen molar-refractivity contribution < 1.29 is 9.53 Å². The summed E-state index contributed by atoms with van der Waals surface area (Å²) in [6.45, 7) is 3.08. The zero-order valence-electron chi connectivity index (χ0n) is 15.9. The second-order valence-electron chi connectivity index (χ2n) is 6.32. The van der Waals surface area contributed by atoms with Crippen molar-refractivity contribution in [2.75, 3.05) is 48.4 Å². The predicted molar refractivity (Wildman–Crippen MR) is 107 cm³/mol. The molecule has 10 heteroatoms. The fourth-order valence-corrected chi connectivity index (χ4v) is 3.09. The Morgan fingerprint density at radius 1 is 1.03 bits per heavy atom. The first-order chi connectivity index (χ1) is 14.2. The summed E-state index contributed by atoms with van der Waals surface area (Å²) < 4.78 is 4.82. The summed E-state index contributed by atoms with van der Waals surface area (Å²) in [4.78, 5) is 29.4. The molecule has 4 rings (SSSR count). The molecule has 0 radical (unpaired) electrons. The Morgan fingerprint density at radius 2 is 1.76 bits per heavy atom. The minimum absolute atomic E-state index is 0.313. The van der Waals surface area contributed by atoms with Gasteiger partial charge in [0.05, 0.1) is 24.6 Å². The molecule has 0 bridgehead atoms. The number of carbonyl (C=O) groups is 1. The van der Waals surface area contributed by atoms with E-state index in [1.165, 1.54) is 7.11 Å². The van der Waals surface area contributed by atoms with E-state index in [0.29, 0.717) is 23.0 Å². The molecule has 148 valence electrons. The molecule has 1 N–H and O–H groups in total. The number of aromatic nitrogens is 5. The third kappa shape index (κ3) is 4.21. The van der Waals surface area contributed by atoms with Gasteiger partial charge in [-0.15, -0.1) is 5.10 Å². The molecule has 1 aliphatic heterocycles. The van der Waals surface area contributed by atoms with E-state index in [9.17, 15) is 4.79 Å². The summed E-state index contributed by atoms with van der Waals surface area (Å²) in [7, 11) is 1.35. The Balaban J connectivity index is 1.46. The van der Waals surface area contributed by atoms with E-state index in [4.69, 9.17) is 4.74 Å². The highest BCUT2D eigenvalue weighted by Gasteiger charge is 2.21. The van der Waals surface area contributed by atoms with Gasteiger partial charge in [0.1, 0.15) is 0 Å². The maximum atomic E-state index is 11.9. The zero-order valence-corrected chi connectivity index (χ0v) is 15.9. The molecule has 0 amide bonds. The van der Waals surface area contributed by atoms with Gasteiger partial charge in [0.25, 0.3) is 0 Å². The van der Waals surface area contributed by atoms with Crippen molar-refractivity contribution in [1.29, 1.82) is 0 Å². The van der Waals surface area contributed by atoms with Crippen LogP contribution >= 0.6 is 0 Å². The van der Waals surface area contributed by atoms with Crippen LogP contribution in [0, 0.1) is 0 Å². The van der Waals surface area contributed by atoms with Gasteiger partial charge in [0.2, 0.25) is 11.9 Å². The Labute approximate surface area is 167 Å². The molecule has 3 heterocycles. The van der Waals surface area contributed by atoms with Crippen LogP contribution in [-0.2, 0) is 4.74 Å². The monoisotopic (exact) mass is 392 g/mol. The van der Waals surface area contributed by atoms with Crippen LogP contribution in [0.4, 0.5) is 23.4 Å².